The van der Waals surface area contributed by atoms with E-state index in [1.54, 1.807) is 48.5 Å². The van der Waals surface area contributed by atoms with Gasteiger partial charge in [-0.05, 0) is 47.5 Å². The molecule has 0 spiro atoms. The highest BCUT2D eigenvalue weighted by molar-refractivity contribution is 6.30. The van der Waals surface area contributed by atoms with E-state index in [9.17, 15) is 14.4 Å². The van der Waals surface area contributed by atoms with Gasteiger partial charge in [-0.25, -0.2) is 4.39 Å². The second kappa shape index (κ2) is 7.32. The van der Waals surface area contributed by atoms with Crippen molar-refractivity contribution in [1.29, 1.82) is 0 Å². The molecule has 25 heavy (non-hydrogen) atoms. The largest absolute Gasteiger partial charge is 0.618 e. The minimum Gasteiger partial charge on any atom is -0.618 e. The van der Waals surface area contributed by atoms with E-state index in [-0.39, 0.29) is 17.5 Å². The van der Waals surface area contributed by atoms with Crippen LogP contribution in [0.25, 0.3) is 11.1 Å². The highest BCUT2D eigenvalue weighted by atomic mass is 35.5. The fourth-order valence-electron chi connectivity index (χ4n) is 2.43. The van der Waals surface area contributed by atoms with Gasteiger partial charge in [-0.1, -0.05) is 23.7 Å². The molecule has 1 aromatic heterocycles. The molecule has 1 N–H and O–H groups in total. The zero-order valence-corrected chi connectivity index (χ0v) is 13.8. The molecular formula is C19H14ClFN2O2. The van der Waals surface area contributed by atoms with Crippen LogP contribution in [0.15, 0.2) is 66.9 Å². The molecule has 0 saturated carbocycles. The molecule has 4 nitrogen and oxygen atoms in total. The molecule has 3 aromatic rings. The van der Waals surface area contributed by atoms with Gasteiger partial charge in [0.2, 0.25) is 5.69 Å². The number of pyridine rings is 1. The predicted molar refractivity (Wildman–Crippen MR) is 93.4 cm³/mol. The summed E-state index contributed by atoms with van der Waals surface area (Å²) in [5.74, 6) is -0.769. The van der Waals surface area contributed by atoms with E-state index in [2.05, 4.69) is 5.32 Å². The van der Waals surface area contributed by atoms with Crippen LogP contribution in [0.5, 0.6) is 0 Å². The van der Waals surface area contributed by atoms with E-state index in [1.165, 1.54) is 18.3 Å². The van der Waals surface area contributed by atoms with Crippen molar-refractivity contribution in [3.05, 3.63) is 94.2 Å². The van der Waals surface area contributed by atoms with Crippen LogP contribution in [0.3, 0.4) is 0 Å². The fraction of sp³-hybridized carbons (Fsp3) is 0.0526. The van der Waals surface area contributed by atoms with Crippen molar-refractivity contribution in [3.63, 3.8) is 0 Å². The predicted octanol–water partition coefficient (Wildman–Crippen LogP) is 3.71. The highest BCUT2D eigenvalue weighted by Crippen LogP contribution is 2.25. The molecule has 126 valence electrons. The lowest BCUT2D eigenvalue weighted by Crippen LogP contribution is -2.35. The van der Waals surface area contributed by atoms with Gasteiger partial charge in [0.05, 0.1) is 0 Å². The molecule has 0 aliphatic carbocycles. The van der Waals surface area contributed by atoms with E-state index in [4.69, 9.17) is 11.6 Å². The SMILES string of the molecule is O=C(NCc1cccc[n+]1[O-])c1cccc(-c2cc(F)cc(Cl)c2)c1. The van der Waals surface area contributed by atoms with E-state index in [0.29, 0.717) is 27.1 Å². The number of halogens is 2. The number of hydrogen-bond donors (Lipinski definition) is 1. The zero-order valence-electron chi connectivity index (χ0n) is 13.1. The number of carbonyl (C=O) groups excluding carboxylic acids is 1. The Labute approximate surface area is 149 Å². The maximum Gasteiger partial charge on any atom is 0.251 e. The Morgan fingerprint density at radius 3 is 2.68 bits per heavy atom. The Hall–Kier alpha value is -2.92. The number of aromatic nitrogens is 1. The molecule has 0 saturated heterocycles. The Morgan fingerprint density at radius 1 is 1.08 bits per heavy atom. The quantitative estimate of drug-likeness (QED) is 0.572. The number of carbonyl (C=O) groups is 1. The normalized spacial score (nSPS) is 10.5. The smallest absolute Gasteiger partial charge is 0.251 e. The molecule has 0 fully saturated rings. The van der Waals surface area contributed by atoms with E-state index >= 15 is 0 Å². The third kappa shape index (κ3) is 4.14. The van der Waals surface area contributed by atoms with Gasteiger partial charge in [-0.2, -0.15) is 4.73 Å². The molecule has 0 aliphatic heterocycles. The summed E-state index contributed by atoms with van der Waals surface area (Å²) in [6.45, 7) is 0.110. The standard InChI is InChI=1S/C19H14ClFN2O2/c20-16-9-15(10-17(21)11-16)13-4-3-5-14(8-13)19(24)22-12-18-6-1-2-7-23(18)25/h1-11H,12H2,(H,22,24). The van der Waals surface area contributed by atoms with Crippen molar-refractivity contribution in [2.45, 2.75) is 6.54 Å². The molecule has 0 unspecified atom stereocenters. The summed E-state index contributed by atoms with van der Waals surface area (Å²) >= 11 is 5.88. The zero-order chi connectivity index (χ0) is 17.8. The molecule has 6 heteroatoms. The third-order valence-electron chi connectivity index (χ3n) is 3.65. The number of benzene rings is 2. The van der Waals surface area contributed by atoms with Gasteiger partial charge < -0.3 is 10.5 Å². The Balaban J connectivity index is 1.79. The lowest BCUT2D eigenvalue weighted by Gasteiger charge is -2.08. The van der Waals surface area contributed by atoms with Crippen molar-refractivity contribution in [2.75, 3.05) is 0 Å². The summed E-state index contributed by atoms with van der Waals surface area (Å²) in [5.41, 5.74) is 2.10. The Kier molecular flexibility index (Phi) is 4.95. The molecule has 1 heterocycles. The maximum absolute atomic E-state index is 13.5. The van der Waals surface area contributed by atoms with Crippen molar-refractivity contribution < 1.29 is 13.9 Å². The van der Waals surface area contributed by atoms with E-state index in [0.717, 1.165) is 0 Å². The summed E-state index contributed by atoms with van der Waals surface area (Å²) in [6.07, 6.45) is 1.37. The van der Waals surface area contributed by atoms with E-state index in [1.807, 2.05) is 0 Å². The van der Waals surface area contributed by atoms with Crippen LogP contribution < -0.4 is 10.0 Å². The van der Waals surface area contributed by atoms with Crippen molar-refractivity contribution in [3.8, 4) is 11.1 Å². The second-order valence-electron chi connectivity index (χ2n) is 5.44. The van der Waals surface area contributed by atoms with Gasteiger partial charge in [0, 0.05) is 22.7 Å². The summed E-state index contributed by atoms with van der Waals surface area (Å²) in [6, 6.07) is 16.0. The number of rotatable bonds is 4. The van der Waals surface area contributed by atoms with Gasteiger partial charge in [-0.15, -0.1) is 0 Å². The first-order chi connectivity index (χ1) is 12.0. The van der Waals surface area contributed by atoms with Crippen LogP contribution in [0.2, 0.25) is 5.02 Å². The van der Waals surface area contributed by atoms with Crippen LogP contribution in [-0.4, -0.2) is 5.91 Å². The third-order valence-corrected chi connectivity index (χ3v) is 3.87. The number of hydrogen-bond acceptors (Lipinski definition) is 2. The number of amides is 1. The molecule has 3 rings (SSSR count). The minimum absolute atomic E-state index is 0.110. The fourth-order valence-corrected chi connectivity index (χ4v) is 2.66. The second-order valence-corrected chi connectivity index (χ2v) is 5.88. The lowest BCUT2D eigenvalue weighted by molar-refractivity contribution is -0.614. The summed E-state index contributed by atoms with van der Waals surface area (Å²) < 4.78 is 14.2. The summed E-state index contributed by atoms with van der Waals surface area (Å²) in [5, 5.41) is 14.6. The van der Waals surface area contributed by atoms with Crippen molar-refractivity contribution in [2.24, 2.45) is 0 Å². The summed E-state index contributed by atoms with van der Waals surface area (Å²) in [4.78, 5) is 12.3. The monoisotopic (exact) mass is 356 g/mol. The van der Waals surface area contributed by atoms with Crippen molar-refractivity contribution in [1.82, 2.24) is 5.32 Å². The topological polar surface area (TPSA) is 56.0 Å². The first-order valence-corrected chi connectivity index (χ1v) is 7.92. The molecule has 0 atom stereocenters. The van der Waals surface area contributed by atoms with Crippen LogP contribution in [0, 0.1) is 11.0 Å². The molecular weight excluding hydrogens is 343 g/mol. The van der Waals surface area contributed by atoms with Crippen LogP contribution >= 0.6 is 11.6 Å². The molecule has 0 radical (unpaired) electrons. The Morgan fingerprint density at radius 2 is 1.92 bits per heavy atom. The van der Waals surface area contributed by atoms with Crippen LogP contribution in [0.1, 0.15) is 16.1 Å². The van der Waals surface area contributed by atoms with Gasteiger partial charge >= 0.3 is 0 Å². The van der Waals surface area contributed by atoms with Gasteiger partial charge in [0.1, 0.15) is 12.4 Å². The maximum atomic E-state index is 13.5. The average molecular weight is 357 g/mol. The van der Waals surface area contributed by atoms with Crippen LogP contribution in [-0.2, 0) is 6.54 Å². The summed E-state index contributed by atoms with van der Waals surface area (Å²) in [7, 11) is 0. The van der Waals surface area contributed by atoms with E-state index < -0.39 is 5.82 Å². The first-order valence-electron chi connectivity index (χ1n) is 7.55. The lowest BCUT2D eigenvalue weighted by atomic mass is 10.0. The molecule has 0 bridgehead atoms. The van der Waals surface area contributed by atoms with Crippen LogP contribution in [0.4, 0.5) is 4.39 Å². The molecule has 2 aromatic carbocycles. The number of nitrogens with zero attached hydrogens (tertiary/aromatic N) is 1. The van der Waals surface area contributed by atoms with Gasteiger partial charge in [0.15, 0.2) is 6.20 Å². The van der Waals surface area contributed by atoms with Gasteiger partial charge in [0.25, 0.3) is 5.91 Å². The minimum atomic E-state index is -0.443. The molecule has 0 aliphatic rings. The average Bonchev–Trinajstić information content (AvgIpc) is 2.60. The van der Waals surface area contributed by atoms with Gasteiger partial charge in [-0.3, -0.25) is 4.79 Å². The Bertz CT molecular complexity index is 911. The van der Waals surface area contributed by atoms with Crippen molar-refractivity contribution >= 4 is 17.5 Å². The molecule has 1 amide bonds. The highest BCUT2D eigenvalue weighted by Gasteiger charge is 2.10. The first kappa shape index (κ1) is 16.9. The number of nitrogens with one attached hydrogen (secondary N) is 1.